The number of hydrogen-bond donors (Lipinski definition) is 0. The molecule has 1 aliphatic carbocycles. The Labute approximate surface area is 82.1 Å². The molecule has 0 bridgehead atoms. The van der Waals surface area contributed by atoms with Crippen molar-refractivity contribution in [1.29, 1.82) is 5.26 Å². The van der Waals surface area contributed by atoms with Crippen LogP contribution in [0.1, 0.15) is 42.3 Å². The van der Waals surface area contributed by atoms with Crippen molar-refractivity contribution in [1.82, 2.24) is 9.78 Å². The van der Waals surface area contributed by atoms with Crippen LogP contribution in [0.15, 0.2) is 0 Å². The zero-order chi connectivity index (χ0) is 9.54. The van der Waals surface area contributed by atoms with Crippen LogP contribution >= 0.6 is 0 Å². The second-order valence-electron chi connectivity index (χ2n) is 3.91. The molecule has 0 amide bonds. The third kappa shape index (κ3) is 0.933. The molecule has 0 unspecified atom stereocenters. The first kappa shape index (κ1) is 8.01. The quantitative estimate of drug-likeness (QED) is 0.672. The normalized spacial score (nSPS) is 20.2. The second kappa shape index (κ2) is 2.82. The largest absolute Gasteiger partial charge is 0.370 e. The van der Waals surface area contributed by atoms with Crippen LogP contribution in [-0.2, 0) is 18.0 Å². The molecule has 72 valence electrons. The number of nitrogens with zero attached hydrogens (tertiary/aromatic N) is 3. The van der Waals surface area contributed by atoms with Crippen molar-refractivity contribution < 1.29 is 4.74 Å². The average molecular weight is 189 g/mol. The summed E-state index contributed by atoms with van der Waals surface area (Å²) in [7, 11) is 0. The van der Waals surface area contributed by atoms with Crippen molar-refractivity contribution in [3.05, 3.63) is 17.0 Å². The molecule has 0 radical (unpaired) electrons. The van der Waals surface area contributed by atoms with Gasteiger partial charge in [0.2, 0.25) is 0 Å². The minimum atomic E-state index is 0.468. The maximum Gasteiger partial charge on any atom is 0.144 e. The molecule has 1 aliphatic heterocycles. The van der Waals surface area contributed by atoms with Gasteiger partial charge in [-0.2, -0.15) is 10.4 Å². The van der Waals surface area contributed by atoms with E-state index in [0.29, 0.717) is 19.3 Å². The Morgan fingerprint density at radius 1 is 1.43 bits per heavy atom. The third-order valence-electron chi connectivity index (χ3n) is 3.10. The van der Waals surface area contributed by atoms with E-state index in [1.165, 1.54) is 6.42 Å². The van der Waals surface area contributed by atoms with Crippen molar-refractivity contribution in [2.45, 2.75) is 38.5 Å². The van der Waals surface area contributed by atoms with Gasteiger partial charge in [0.25, 0.3) is 0 Å². The number of aromatic nitrogens is 2. The Morgan fingerprint density at radius 2 is 2.29 bits per heavy atom. The van der Waals surface area contributed by atoms with Crippen LogP contribution in [-0.4, -0.2) is 9.78 Å². The number of rotatable bonds is 1. The number of fused-ring (bicyclic) bond motifs is 1. The molecule has 1 aromatic rings. The van der Waals surface area contributed by atoms with Crippen LogP contribution in [0.2, 0.25) is 0 Å². The van der Waals surface area contributed by atoms with Crippen molar-refractivity contribution in [3.8, 4) is 6.07 Å². The summed E-state index contributed by atoms with van der Waals surface area (Å²) in [6.45, 7) is 1.13. The molecule has 3 rings (SSSR count). The van der Waals surface area contributed by atoms with Crippen molar-refractivity contribution in [2.75, 3.05) is 0 Å². The van der Waals surface area contributed by atoms with Crippen LogP contribution in [0.5, 0.6) is 0 Å². The first-order valence-electron chi connectivity index (χ1n) is 4.98. The summed E-state index contributed by atoms with van der Waals surface area (Å²) in [4.78, 5) is 0. The smallest absolute Gasteiger partial charge is 0.144 e. The summed E-state index contributed by atoms with van der Waals surface area (Å²) >= 11 is 0. The van der Waals surface area contributed by atoms with Crippen LogP contribution in [0.4, 0.5) is 0 Å². The lowest BCUT2D eigenvalue weighted by Gasteiger charge is -2.26. The van der Waals surface area contributed by atoms with Crippen molar-refractivity contribution >= 4 is 0 Å². The molecule has 0 N–H and O–H groups in total. The van der Waals surface area contributed by atoms with Gasteiger partial charge in [-0.15, -0.1) is 0 Å². The van der Waals surface area contributed by atoms with Gasteiger partial charge in [0.15, 0.2) is 0 Å². The zero-order valence-electron chi connectivity index (χ0n) is 7.86. The van der Waals surface area contributed by atoms with Gasteiger partial charge in [-0.3, -0.25) is 4.68 Å². The molecule has 4 heteroatoms. The first-order valence-corrected chi connectivity index (χ1v) is 4.98. The lowest BCUT2D eigenvalue weighted by atomic mass is 9.93. The monoisotopic (exact) mass is 189 g/mol. The highest BCUT2D eigenvalue weighted by molar-refractivity contribution is 5.37. The van der Waals surface area contributed by atoms with Crippen LogP contribution in [0, 0.1) is 11.3 Å². The zero-order valence-corrected chi connectivity index (χ0v) is 7.86. The summed E-state index contributed by atoms with van der Waals surface area (Å²) in [6.07, 6.45) is 3.59. The van der Waals surface area contributed by atoms with Gasteiger partial charge >= 0.3 is 0 Å². The Kier molecular flexibility index (Phi) is 1.62. The summed E-state index contributed by atoms with van der Waals surface area (Å²) < 4.78 is 7.17. The highest BCUT2D eigenvalue weighted by Gasteiger charge is 2.29. The Morgan fingerprint density at radius 3 is 2.93 bits per heavy atom. The Hall–Kier alpha value is -1.34. The fraction of sp³-hybridized carbons (Fsp3) is 0.600. The molecule has 2 heterocycles. The van der Waals surface area contributed by atoms with E-state index in [1.807, 2.05) is 4.68 Å². The van der Waals surface area contributed by atoms with Gasteiger partial charge in [0, 0.05) is 5.56 Å². The van der Waals surface area contributed by atoms with E-state index in [-0.39, 0.29) is 0 Å². The molecule has 1 aromatic heterocycles. The summed E-state index contributed by atoms with van der Waals surface area (Å²) in [5.41, 5.74) is 2.70. The predicted molar refractivity (Wildman–Crippen MR) is 48.3 cm³/mol. The maximum absolute atomic E-state index is 9.07. The predicted octanol–water partition coefficient (Wildman–Crippen LogP) is 1.51. The standard InChI is InChI=1S/C10H11N3O/c11-4-10-8-5-14-6-9(8)12-13(10)7-2-1-3-7/h7H,1-3,5-6H2. The van der Waals surface area contributed by atoms with Gasteiger partial charge in [-0.25, -0.2) is 0 Å². The summed E-state index contributed by atoms with van der Waals surface area (Å²) in [6, 6.07) is 2.71. The van der Waals surface area contributed by atoms with Crippen LogP contribution < -0.4 is 0 Å². The highest BCUT2D eigenvalue weighted by atomic mass is 16.5. The lowest BCUT2D eigenvalue weighted by Crippen LogP contribution is -2.20. The van der Waals surface area contributed by atoms with E-state index in [9.17, 15) is 0 Å². The lowest BCUT2D eigenvalue weighted by molar-refractivity contribution is 0.129. The minimum absolute atomic E-state index is 0.468. The van der Waals surface area contributed by atoms with Gasteiger partial charge in [-0.1, -0.05) is 0 Å². The first-order chi connectivity index (χ1) is 6.90. The molecule has 4 nitrogen and oxygen atoms in total. The molecule has 1 saturated carbocycles. The number of nitriles is 1. The molecule has 1 fully saturated rings. The SMILES string of the molecule is N#Cc1c2c(nn1C1CCC1)COC2. The molecule has 0 aromatic carbocycles. The molecule has 0 saturated heterocycles. The molecule has 2 aliphatic rings. The fourth-order valence-electron chi connectivity index (χ4n) is 2.05. The van der Waals surface area contributed by atoms with E-state index in [2.05, 4.69) is 11.2 Å². The average Bonchev–Trinajstić information content (AvgIpc) is 2.60. The van der Waals surface area contributed by atoms with E-state index >= 15 is 0 Å². The van der Waals surface area contributed by atoms with Crippen LogP contribution in [0.3, 0.4) is 0 Å². The molecular formula is C10H11N3O. The maximum atomic E-state index is 9.07. The topological polar surface area (TPSA) is 50.8 Å². The van der Waals surface area contributed by atoms with E-state index < -0.39 is 0 Å². The van der Waals surface area contributed by atoms with E-state index in [0.717, 1.165) is 29.8 Å². The number of ether oxygens (including phenoxy) is 1. The van der Waals surface area contributed by atoms with E-state index in [4.69, 9.17) is 10.00 Å². The molecular weight excluding hydrogens is 178 g/mol. The third-order valence-corrected chi connectivity index (χ3v) is 3.10. The minimum Gasteiger partial charge on any atom is -0.370 e. The second-order valence-corrected chi connectivity index (χ2v) is 3.91. The Balaban J connectivity index is 2.08. The van der Waals surface area contributed by atoms with Crippen LogP contribution in [0.25, 0.3) is 0 Å². The molecule has 0 atom stereocenters. The summed E-state index contributed by atoms with van der Waals surface area (Å²) in [5.74, 6) is 0. The Bertz CT molecular complexity index is 412. The van der Waals surface area contributed by atoms with Gasteiger partial charge in [0.05, 0.1) is 24.9 Å². The van der Waals surface area contributed by atoms with Crippen molar-refractivity contribution in [2.24, 2.45) is 0 Å². The number of hydrogen-bond acceptors (Lipinski definition) is 3. The van der Waals surface area contributed by atoms with Gasteiger partial charge in [-0.05, 0) is 19.3 Å². The van der Waals surface area contributed by atoms with Gasteiger partial charge in [0.1, 0.15) is 11.8 Å². The van der Waals surface area contributed by atoms with E-state index in [1.54, 1.807) is 0 Å². The molecule has 14 heavy (non-hydrogen) atoms. The summed E-state index contributed by atoms with van der Waals surface area (Å²) in [5, 5.41) is 13.5. The van der Waals surface area contributed by atoms with Gasteiger partial charge < -0.3 is 4.74 Å². The fourth-order valence-corrected chi connectivity index (χ4v) is 2.05. The van der Waals surface area contributed by atoms with Crippen molar-refractivity contribution in [3.63, 3.8) is 0 Å². The highest BCUT2D eigenvalue weighted by Crippen LogP contribution is 2.34. The molecule has 0 spiro atoms.